The lowest BCUT2D eigenvalue weighted by molar-refractivity contribution is 0.0946. The van der Waals surface area contributed by atoms with E-state index in [1.165, 1.54) is 6.26 Å². The molecule has 1 atom stereocenters. The normalized spacial score (nSPS) is 12.8. The van der Waals surface area contributed by atoms with Gasteiger partial charge in [-0.15, -0.1) is 0 Å². The van der Waals surface area contributed by atoms with Gasteiger partial charge in [0.2, 0.25) is 5.89 Å². The highest BCUT2D eigenvalue weighted by molar-refractivity contribution is 5.91. The molecule has 4 N–H and O–H groups in total. The van der Waals surface area contributed by atoms with Crippen LogP contribution < -0.4 is 11.1 Å². The maximum absolute atomic E-state index is 11.6. The summed E-state index contributed by atoms with van der Waals surface area (Å²) in [5.74, 6) is -0.155. The van der Waals surface area contributed by atoms with Crippen LogP contribution in [0.1, 0.15) is 22.4 Å². The maximum Gasteiger partial charge on any atom is 0.273 e. The third-order valence-electron chi connectivity index (χ3n) is 2.11. The predicted molar refractivity (Wildman–Crippen MR) is 61.4 cm³/mol. The zero-order valence-corrected chi connectivity index (χ0v) is 10.0. The van der Waals surface area contributed by atoms with Crippen LogP contribution in [-0.4, -0.2) is 54.7 Å². The number of aliphatic hydroxyl groups excluding tert-OH is 1. The number of nitrogens with two attached hydrogens (primary N) is 1. The highest BCUT2D eigenvalue weighted by Gasteiger charge is 2.15. The molecule has 0 fully saturated rings. The number of oxazole rings is 1. The Morgan fingerprint density at radius 2 is 2.41 bits per heavy atom. The van der Waals surface area contributed by atoms with E-state index in [1.54, 1.807) is 0 Å². The molecule has 96 valence electrons. The monoisotopic (exact) mass is 242 g/mol. The number of nitrogens with zero attached hydrogens (tertiary/aromatic N) is 2. The van der Waals surface area contributed by atoms with Gasteiger partial charge in [-0.25, -0.2) is 4.98 Å². The number of aromatic nitrogens is 1. The number of carbonyl (C=O) groups is 1. The van der Waals surface area contributed by atoms with Crippen molar-refractivity contribution in [3.8, 4) is 0 Å². The van der Waals surface area contributed by atoms with Crippen LogP contribution in [-0.2, 0) is 0 Å². The van der Waals surface area contributed by atoms with Crippen LogP contribution in [0.15, 0.2) is 10.7 Å². The molecule has 0 aliphatic rings. The molecule has 1 rings (SSSR count). The Balaban J connectivity index is 2.49. The molecule has 7 heteroatoms. The first kappa shape index (κ1) is 13.6. The van der Waals surface area contributed by atoms with Crippen LogP contribution in [0, 0.1) is 0 Å². The molecule has 1 aromatic heterocycles. The second-order valence-electron chi connectivity index (χ2n) is 3.92. The number of rotatable bonds is 6. The Kier molecular flexibility index (Phi) is 5.08. The third kappa shape index (κ3) is 4.14. The van der Waals surface area contributed by atoms with Crippen LogP contribution in [0.5, 0.6) is 0 Å². The van der Waals surface area contributed by atoms with E-state index in [9.17, 15) is 4.79 Å². The molecule has 0 aliphatic carbocycles. The van der Waals surface area contributed by atoms with E-state index in [0.717, 1.165) is 6.54 Å². The molecule has 0 aromatic carbocycles. The van der Waals surface area contributed by atoms with Gasteiger partial charge in [-0.2, -0.15) is 0 Å². The van der Waals surface area contributed by atoms with Crippen LogP contribution in [0.25, 0.3) is 0 Å². The van der Waals surface area contributed by atoms with Crippen molar-refractivity contribution < 1.29 is 14.3 Å². The molecular formula is C10H18N4O3. The standard InChI is InChI=1S/C10H18N4O3/c1-14(2)4-3-12-9(16)8-6-17-10(13-8)7(11)5-15/h6-7,15H,3-5,11H2,1-2H3,(H,12,16). The number of carbonyl (C=O) groups excluding carboxylic acids is 1. The van der Waals surface area contributed by atoms with E-state index in [1.807, 2.05) is 19.0 Å². The number of hydrogen-bond acceptors (Lipinski definition) is 6. The van der Waals surface area contributed by atoms with E-state index in [2.05, 4.69) is 10.3 Å². The lowest BCUT2D eigenvalue weighted by Gasteiger charge is -2.09. The van der Waals surface area contributed by atoms with Gasteiger partial charge in [0.15, 0.2) is 5.69 Å². The number of amides is 1. The largest absolute Gasteiger partial charge is 0.446 e. The van der Waals surface area contributed by atoms with Crippen molar-refractivity contribution in [3.05, 3.63) is 17.8 Å². The summed E-state index contributed by atoms with van der Waals surface area (Å²) in [5, 5.41) is 11.5. The van der Waals surface area contributed by atoms with Gasteiger partial charge < -0.3 is 25.5 Å². The molecule has 0 aliphatic heterocycles. The zero-order chi connectivity index (χ0) is 12.8. The highest BCUT2D eigenvalue weighted by Crippen LogP contribution is 2.09. The predicted octanol–water partition coefficient (Wildman–Crippen LogP) is -1.04. The Morgan fingerprint density at radius 3 is 3.00 bits per heavy atom. The second-order valence-corrected chi connectivity index (χ2v) is 3.92. The molecule has 7 nitrogen and oxygen atoms in total. The van der Waals surface area contributed by atoms with E-state index >= 15 is 0 Å². The summed E-state index contributed by atoms with van der Waals surface area (Å²) >= 11 is 0. The van der Waals surface area contributed by atoms with Gasteiger partial charge in [0.05, 0.1) is 6.61 Å². The van der Waals surface area contributed by atoms with Crippen LogP contribution >= 0.6 is 0 Å². The summed E-state index contributed by atoms with van der Waals surface area (Å²) < 4.78 is 5.00. The zero-order valence-electron chi connectivity index (χ0n) is 10.0. The molecule has 0 radical (unpaired) electrons. The molecule has 0 saturated heterocycles. The Labute approximate surface area is 99.6 Å². The van der Waals surface area contributed by atoms with E-state index in [0.29, 0.717) is 6.54 Å². The fraction of sp³-hybridized carbons (Fsp3) is 0.600. The number of hydrogen-bond donors (Lipinski definition) is 3. The number of likely N-dealkylation sites (N-methyl/N-ethyl adjacent to an activating group) is 1. The quantitative estimate of drug-likeness (QED) is 0.588. The molecule has 1 unspecified atom stereocenters. The van der Waals surface area contributed by atoms with E-state index in [4.69, 9.17) is 15.3 Å². The summed E-state index contributed by atoms with van der Waals surface area (Å²) in [7, 11) is 3.83. The first-order chi connectivity index (χ1) is 8.04. The van der Waals surface area contributed by atoms with Gasteiger partial charge in [0.1, 0.15) is 12.3 Å². The Morgan fingerprint density at radius 1 is 1.71 bits per heavy atom. The Bertz CT molecular complexity index is 364. The minimum absolute atomic E-state index is 0.158. The average molecular weight is 242 g/mol. The summed E-state index contributed by atoms with van der Waals surface area (Å²) in [5.41, 5.74) is 5.67. The lowest BCUT2D eigenvalue weighted by Crippen LogP contribution is -2.31. The minimum Gasteiger partial charge on any atom is -0.446 e. The summed E-state index contributed by atoms with van der Waals surface area (Å²) in [6.07, 6.45) is 1.23. The smallest absolute Gasteiger partial charge is 0.273 e. The van der Waals surface area contributed by atoms with Crippen LogP contribution in [0.4, 0.5) is 0 Å². The summed E-state index contributed by atoms with van der Waals surface area (Å²) in [4.78, 5) is 17.5. The molecular weight excluding hydrogens is 224 g/mol. The topological polar surface area (TPSA) is 105 Å². The van der Waals surface area contributed by atoms with Crippen molar-refractivity contribution >= 4 is 5.91 Å². The van der Waals surface area contributed by atoms with E-state index < -0.39 is 6.04 Å². The molecule has 1 heterocycles. The van der Waals surface area contributed by atoms with Gasteiger partial charge in [0, 0.05) is 13.1 Å². The molecule has 1 amide bonds. The second kappa shape index (κ2) is 6.33. The highest BCUT2D eigenvalue weighted by atomic mass is 16.3. The first-order valence-corrected chi connectivity index (χ1v) is 5.29. The lowest BCUT2D eigenvalue weighted by atomic mass is 10.3. The van der Waals surface area contributed by atoms with Gasteiger partial charge in [-0.3, -0.25) is 4.79 Å². The van der Waals surface area contributed by atoms with Gasteiger partial charge in [-0.1, -0.05) is 0 Å². The Hall–Kier alpha value is -1.44. The molecule has 0 spiro atoms. The molecule has 0 bridgehead atoms. The summed E-state index contributed by atoms with van der Waals surface area (Å²) in [6, 6.07) is -0.696. The van der Waals surface area contributed by atoms with Crippen LogP contribution in [0.2, 0.25) is 0 Å². The van der Waals surface area contributed by atoms with Gasteiger partial charge >= 0.3 is 0 Å². The maximum atomic E-state index is 11.6. The summed E-state index contributed by atoms with van der Waals surface area (Å²) in [6.45, 7) is 0.995. The average Bonchev–Trinajstić information content (AvgIpc) is 2.76. The van der Waals surface area contributed by atoms with Crippen LogP contribution in [0.3, 0.4) is 0 Å². The third-order valence-corrected chi connectivity index (χ3v) is 2.11. The van der Waals surface area contributed by atoms with Gasteiger partial charge in [0.25, 0.3) is 5.91 Å². The van der Waals surface area contributed by atoms with Crippen molar-refractivity contribution in [1.82, 2.24) is 15.2 Å². The van der Waals surface area contributed by atoms with E-state index in [-0.39, 0.29) is 24.1 Å². The molecule has 0 saturated carbocycles. The minimum atomic E-state index is -0.696. The van der Waals surface area contributed by atoms with Crippen molar-refractivity contribution in [2.45, 2.75) is 6.04 Å². The van der Waals surface area contributed by atoms with Crippen molar-refractivity contribution in [3.63, 3.8) is 0 Å². The fourth-order valence-corrected chi connectivity index (χ4v) is 1.12. The fourth-order valence-electron chi connectivity index (χ4n) is 1.12. The molecule has 1 aromatic rings. The number of nitrogens with one attached hydrogen (secondary N) is 1. The number of aliphatic hydroxyl groups is 1. The van der Waals surface area contributed by atoms with Crippen molar-refractivity contribution in [2.75, 3.05) is 33.8 Å². The van der Waals surface area contributed by atoms with Gasteiger partial charge in [-0.05, 0) is 14.1 Å². The van der Waals surface area contributed by atoms with Crippen molar-refractivity contribution in [2.24, 2.45) is 5.73 Å². The van der Waals surface area contributed by atoms with Crippen molar-refractivity contribution in [1.29, 1.82) is 0 Å². The first-order valence-electron chi connectivity index (χ1n) is 5.29. The SMILES string of the molecule is CN(C)CCNC(=O)c1coc(C(N)CO)n1. The molecule has 17 heavy (non-hydrogen) atoms.